The fourth-order valence-corrected chi connectivity index (χ4v) is 4.25. The molecule has 2 aromatic rings. The lowest BCUT2D eigenvalue weighted by atomic mass is 9.85. The van der Waals surface area contributed by atoms with Gasteiger partial charge in [-0.2, -0.15) is 0 Å². The number of carbonyl (C=O) groups excluding carboxylic acids is 2. The van der Waals surface area contributed by atoms with Gasteiger partial charge in [0, 0.05) is 24.2 Å². The van der Waals surface area contributed by atoms with Gasteiger partial charge in [-0.15, -0.1) is 0 Å². The predicted molar refractivity (Wildman–Crippen MR) is 119 cm³/mol. The maximum atomic E-state index is 13.4. The van der Waals surface area contributed by atoms with Gasteiger partial charge in [-0.1, -0.05) is 63.2 Å². The average Bonchev–Trinajstić information content (AvgIpc) is 2.96. The lowest BCUT2D eigenvalue weighted by Crippen LogP contribution is -2.49. The van der Waals surface area contributed by atoms with E-state index in [-0.39, 0.29) is 17.6 Å². The lowest BCUT2D eigenvalue weighted by molar-refractivity contribution is -0.136. The molecule has 0 aromatic heterocycles. The molecule has 0 spiro atoms. The third-order valence-corrected chi connectivity index (χ3v) is 6.17. The molecule has 6 heteroatoms. The first-order valence-corrected chi connectivity index (χ1v) is 10.8. The monoisotopic (exact) mass is 422 g/mol. The summed E-state index contributed by atoms with van der Waals surface area (Å²) in [6.45, 7) is 9.41. The van der Waals surface area contributed by atoms with Crippen LogP contribution in [0.15, 0.2) is 48.5 Å². The number of aliphatic hydroxyl groups is 1. The number of nitrogens with zero attached hydrogens (tertiary/aromatic N) is 2. The van der Waals surface area contributed by atoms with E-state index in [1.807, 2.05) is 24.3 Å². The number of ether oxygens (including phenoxy) is 1. The van der Waals surface area contributed by atoms with Crippen molar-refractivity contribution in [1.82, 2.24) is 4.90 Å². The summed E-state index contributed by atoms with van der Waals surface area (Å²) >= 11 is 0. The average molecular weight is 423 g/mol. The van der Waals surface area contributed by atoms with Gasteiger partial charge in [0.15, 0.2) is 11.4 Å². The van der Waals surface area contributed by atoms with E-state index in [0.29, 0.717) is 36.7 Å². The van der Waals surface area contributed by atoms with Crippen LogP contribution in [0.25, 0.3) is 0 Å². The van der Waals surface area contributed by atoms with Gasteiger partial charge < -0.3 is 9.84 Å². The molecule has 1 N–H and O–H groups in total. The molecule has 4 rings (SSSR count). The number of amides is 1. The highest BCUT2D eigenvalue weighted by molar-refractivity contribution is 6.10. The van der Waals surface area contributed by atoms with Gasteiger partial charge >= 0.3 is 0 Å². The number of morpholine rings is 1. The summed E-state index contributed by atoms with van der Waals surface area (Å²) in [5.41, 5.74) is 0.911. The fourth-order valence-electron chi connectivity index (χ4n) is 4.25. The fraction of sp³-hybridized carbons (Fsp3) is 0.440. The van der Waals surface area contributed by atoms with Crippen LogP contribution in [0.5, 0.6) is 0 Å². The Morgan fingerprint density at radius 3 is 2.35 bits per heavy atom. The van der Waals surface area contributed by atoms with Crippen LogP contribution in [0.2, 0.25) is 0 Å². The summed E-state index contributed by atoms with van der Waals surface area (Å²) in [5, 5.41) is 11.5. The Bertz CT molecular complexity index is 974. The van der Waals surface area contributed by atoms with Crippen LogP contribution in [0.4, 0.5) is 5.69 Å². The van der Waals surface area contributed by atoms with Crippen molar-refractivity contribution in [2.24, 2.45) is 0 Å². The Morgan fingerprint density at radius 1 is 1.06 bits per heavy atom. The van der Waals surface area contributed by atoms with E-state index in [0.717, 1.165) is 18.7 Å². The van der Waals surface area contributed by atoms with Gasteiger partial charge in [0.1, 0.15) is 0 Å². The lowest BCUT2D eigenvalue weighted by Gasteiger charge is -2.31. The molecule has 1 fully saturated rings. The van der Waals surface area contributed by atoms with E-state index in [9.17, 15) is 14.7 Å². The number of fused-ring (bicyclic) bond motifs is 1. The van der Waals surface area contributed by atoms with Crippen LogP contribution < -0.4 is 4.90 Å². The summed E-state index contributed by atoms with van der Waals surface area (Å²) < 4.78 is 5.39. The Balaban J connectivity index is 1.58. The summed E-state index contributed by atoms with van der Waals surface area (Å²) in [4.78, 5) is 30.2. The molecule has 0 bridgehead atoms. The summed E-state index contributed by atoms with van der Waals surface area (Å²) in [7, 11) is 0. The molecular formula is C25H30N2O4. The zero-order valence-electron chi connectivity index (χ0n) is 18.4. The second kappa shape index (κ2) is 8.19. The third kappa shape index (κ3) is 4.15. The number of Topliss-reactive ketones (excluding diaryl/α,β-unsaturated/α-hetero) is 1. The van der Waals surface area contributed by atoms with E-state index < -0.39 is 11.5 Å². The van der Waals surface area contributed by atoms with Crippen molar-refractivity contribution in [3.05, 3.63) is 65.2 Å². The zero-order valence-corrected chi connectivity index (χ0v) is 18.4. The van der Waals surface area contributed by atoms with E-state index in [1.54, 1.807) is 29.2 Å². The van der Waals surface area contributed by atoms with Crippen molar-refractivity contribution in [1.29, 1.82) is 0 Å². The van der Waals surface area contributed by atoms with Crippen LogP contribution in [-0.2, 0) is 20.5 Å². The second-order valence-electron chi connectivity index (χ2n) is 9.41. The van der Waals surface area contributed by atoms with Crippen molar-refractivity contribution in [3.63, 3.8) is 0 Å². The van der Waals surface area contributed by atoms with E-state index in [4.69, 9.17) is 4.74 Å². The number of anilines is 1. The third-order valence-electron chi connectivity index (χ3n) is 6.17. The maximum Gasteiger partial charge on any atom is 0.265 e. The van der Waals surface area contributed by atoms with Crippen molar-refractivity contribution < 1.29 is 19.4 Å². The molecule has 1 saturated heterocycles. The molecule has 1 atom stereocenters. The Labute approximate surface area is 183 Å². The van der Waals surface area contributed by atoms with E-state index >= 15 is 0 Å². The SMILES string of the molecule is CC(C)(C)c1ccc(C(=O)CC2(O)C(=O)N(CN3CCOCC3)c3ccccc32)cc1. The molecule has 0 radical (unpaired) electrons. The first-order valence-electron chi connectivity index (χ1n) is 10.8. The number of benzene rings is 2. The number of ketones is 1. The second-order valence-corrected chi connectivity index (χ2v) is 9.41. The molecule has 0 aliphatic carbocycles. The standard InChI is InChI=1S/C25H30N2O4/c1-24(2,3)19-10-8-18(9-11-19)22(28)16-25(30)20-6-4-5-7-21(20)27(23(25)29)17-26-12-14-31-15-13-26/h4-11,30H,12-17H2,1-3H3. The highest BCUT2D eigenvalue weighted by atomic mass is 16.5. The molecule has 2 aliphatic heterocycles. The largest absolute Gasteiger partial charge is 0.379 e. The maximum absolute atomic E-state index is 13.4. The topological polar surface area (TPSA) is 70.1 Å². The molecule has 2 heterocycles. The molecule has 6 nitrogen and oxygen atoms in total. The Morgan fingerprint density at radius 2 is 1.71 bits per heavy atom. The number of hydrogen-bond acceptors (Lipinski definition) is 5. The molecule has 2 aliphatic rings. The number of hydrogen-bond donors (Lipinski definition) is 1. The zero-order chi connectivity index (χ0) is 22.2. The van der Waals surface area contributed by atoms with E-state index in [2.05, 4.69) is 25.7 Å². The minimum absolute atomic E-state index is 0.0138. The Hall–Kier alpha value is -2.54. The number of carbonyl (C=O) groups is 2. The molecule has 164 valence electrons. The van der Waals surface area contributed by atoms with Gasteiger partial charge in [-0.05, 0) is 17.0 Å². The van der Waals surface area contributed by atoms with Gasteiger partial charge in [-0.3, -0.25) is 19.4 Å². The van der Waals surface area contributed by atoms with Gasteiger partial charge in [-0.25, -0.2) is 0 Å². The molecule has 2 aromatic carbocycles. The summed E-state index contributed by atoms with van der Waals surface area (Å²) in [6, 6.07) is 14.6. The molecule has 0 saturated carbocycles. The summed E-state index contributed by atoms with van der Waals surface area (Å²) in [5.74, 6) is -0.695. The van der Waals surface area contributed by atoms with Crippen LogP contribution in [0.1, 0.15) is 48.7 Å². The normalized spacial score (nSPS) is 21.9. The first-order chi connectivity index (χ1) is 14.7. The van der Waals surface area contributed by atoms with Gasteiger partial charge in [0.05, 0.1) is 32.0 Å². The quantitative estimate of drug-likeness (QED) is 0.750. The highest BCUT2D eigenvalue weighted by Crippen LogP contribution is 2.43. The predicted octanol–water partition coefficient (Wildman–Crippen LogP) is 3.08. The van der Waals surface area contributed by atoms with Gasteiger partial charge in [0.2, 0.25) is 0 Å². The number of para-hydroxylation sites is 1. The smallest absolute Gasteiger partial charge is 0.265 e. The van der Waals surface area contributed by atoms with E-state index in [1.165, 1.54) is 0 Å². The van der Waals surface area contributed by atoms with Gasteiger partial charge in [0.25, 0.3) is 5.91 Å². The molecule has 1 amide bonds. The summed E-state index contributed by atoms with van der Waals surface area (Å²) in [6.07, 6.45) is -0.280. The van der Waals surface area contributed by atoms with Crippen molar-refractivity contribution in [2.75, 3.05) is 37.9 Å². The molecule has 31 heavy (non-hydrogen) atoms. The molecule has 1 unspecified atom stereocenters. The van der Waals surface area contributed by atoms with Crippen molar-refractivity contribution in [3.8, 4) is 0 Å². The van der Waals surface area contributed by atoms with Crippen molar-refractivity contribution in [2.45, 2.75) is 38.2 Å². The minimum Gasteiger partial charge on any atom is -0.379 e. The van der Waals surface area contributed by atoms with Crippen LogP contribution in [0.3, 0.4) is 0 Å². The Kier molecular flexibility index (Phi) is 5.73. The number of rotatable bonds is 5. The van der Waals surface area contributed by atoms with Crippen LogP contribution in [-0.4, -0.2) is 54.7 Å². The highest BCUT2D eigenvalue weighted by Gasteiger charge is 2.51. The minimum atomic E-state index is -1.86. The van der Waals surface area contributed by atoms with Crippen LogP contribution >= 0.6 is 0 Å². The van der Waals surface area contributed by atoms with Crippen LogP contribution in [0, 0.1) is 0 Å². The first kappa shape index (κ1) is 21.7. The molecular weight excluding hydrogens is 392 g/mol. The van der Waals surface area contributed by atoms with Crippen molar-refractivity contribution >= 4 is 17.4 Å².